The Hall–Kier alpha value is -1.40. The lowest BCUT2D eigenvalue weighted by Gasteiger charge is -2.23. The van der Waals surface area contributed by atoms with E-state index in [1.54, 1.807) is 6.92 Å². The highest BCUT2D eigenvalue weighted by Crippen LogP contribution is 2.22. The Morgan fingerprint density at radius 2 is 1.79 bits per heavy atom. The first-order valence-electron chi connectivity index (χ1n) is 6.46. The van der Waals surface area contributed by atoms with E-state index in [0.717, 1.165) is 12.0 Å². The maximum atomic E-state index is 9.99. The van der Waals surface area contributed by atoms with Gasteiger partial charge in [-0.3, -0.25) is 0 Å². The summed E-state index contributed by atoms with van der Waals surface area (Å²) in [5.41, 5.74) is 3.49. The van der Waals surface area contributed by atoms with Crippen molar-refractivity contribution in [3.8, 4) is 0 Å². The second kappa shape index (κ2) is 6.16. The molecule has 1 atom stereocenters. The Balaban J connectivity index is 2.70. The number of anilines is 2. The van der Waals surface area contributed by atoms with Crippen molar-refractivity contribution in [3.63, 3.8) is 0 Å². The molecule has 108 valence electrons. The fourth-order valence-corrected chi connectivity index (χ4v) is 1.93. The first-order chi connectivity index (χ1) is 8.73. The maximum absolute atomic E-state index is 9.99. The molecule has 1 unspecified atom stereocenters. The smallest absolute Gasteiger partial charge is 0.148 e. The number of hydrogen-bond acceptors (Lipinski definition) is 6. The summed E-state index contributed by atoms with van der Waals surface area (Å²) in [4.78, 5) is 8.51. The normalized spacial score (nSPS) is 13.2. The van der Waals surface area contributed by atoms with E-state index in [9.17, 15) is 5.11 Å². The van der Waals surface area contributed by atoms with Crippen molar-refractivity contribution in [2.75, 3.05) is 17.3 Å². The number of aliphatic hydroxyl groups excluding tert-OH is 1. The standard InChI is InChI=1S/C13H25N5O/c1-8-11(16-9(2)17-12(8)18-14)15-7-10(19)6-13(3,4)5/h10,19H,6-7,14H2,1-5H3,(H2,15,16,17,18). The number of aryl methyl sites for hydroxylation is 1. The molecule has 19 heavy (non-hydrogen) atoms. The summed E-state index contributed by atoms with van der Waals surface area (Å²) in [6, 6.07) is 0. The van der Waals surface area contributed by atoms with Gasteiger partial charge in [0.1, 0.15) is 17.5 Å². The molecule has 0 amide bonds. The van der Waals surface area contributed by atoms with Crippen LogP contribution in [0.2, 0.25) is 0 Å². The van der Waals surface area contributed by atoms with Crippen LogP contribution < -0.4 is 16.6 Å². The molecule has 0 fully saturated rings. The van der Waals surface area contributed by atoms with E-state index in [2.05, 4.69) is 41.5 Å². The molecule has 1 aromatic heterocycles. The topological polar surface area (TPSA) is 96.1 Å². The average molecular weight is 267 g/mol. The number of aliphatic hydroxyl groups is 1. The number of nitrogens with zero attached hydrogens (tertiary/aromatic N) is 2. The van der Waals surface area contributed by atoms with Crippen LogP contribution >= 0.6 is 0 Å². The van der Waals surface area contributed by atoms with E-state index in [1.807, 2.05) is 6.92 Å². The molecular formula is C13H25N5O. The van der Waals surface area contributed by atoms with Gasteiger partial charge in [-0.25, -0.2) is 15.8 Å². The van der Waals surface area contributed by atoms with Gasteiger partial charge in [0.15, 0.2) is 0 Å². The van der Waals surface area contributed by atoms with Crippen LogP contribution in [0.15, 0.2) is 0 Å². The Morgan fingerprint density at radius 3 is 2.32 bits per heavy atom. The fourth-order valence-electron chi connectivity index (χ4n) is 1.93. The zero-order valence-corrected chi connectivity index (χ0v) is 12.4. The second-order valence-corrected chi connectivity index (χ2v) is 6.04. The molecule has 1 heterocycles. The van der Waals surface area contributed by atoms with Gasteiger partial charge < -0.3 is 15.8 Å². The SMILES string of the molecule is Cc1nc(NN)c(C)c(NCC(O)CC(C)(C)C)n1. The summed E-state index contributed by atoms with van der Waals surface area (Å²) in [5.74, 6) is 7.34. The van der Waals surface area contributed by atoms with Gasteiger partial charge in [0.25, 0.3) is 0 Å². The molecule has 0 aromatic carbocycles. The third-order valence-corrected chi connectivity index (χ3v) is 2.75. The van der Waals surface area contributed by atoms with Gasteiger partial charge in [-0.1, -0.05) is 20.8 Å². The van der Waals surface area contributed by atoms with Gasteiger partial charge in [-0.05, 0) is 25.7 Å². The first kappa shape index (κ1) is 15.7. The number of aromatic nitrogens is 2. The summed E-state index contributed by atoms with van der Waals surface area (Å²) in [5, 5.41) is 13.1. The molecule has 0 saturated carbocycles. The minimum Gasteiger partial charge on any atom is -0.391 e. The van der Waals surface area contributed by atoms with E-state index >= 15 is 0 Å². The highest BCUT2D eigenvalue weighted by molar-refractivity contribution is 5.56. The van der Waals surface area contributed by atoms with Crippen LogP contribution in [-0.4, -0.2) is 27.7 Å². The third-order valence-electron chi connectivity index (χ3n) is 2.75. The quantitative estimate of drug-likeness (QED) is 0.478. The van der Waals surface area contributed by atoms with Gasteiger partial charge >= 0.3 is 0 Å². The Morgan fingerprint density at radius 1 is 1.21 bits per heavy atom. The van der Waals surface area contributed by atoms with E-state index in [-0.39, 0.29) is 5.41 Å². The molecule has 0 saturated heterocycles. The molecule has 0 aliphatic carbocycles. The van der Waals surface area contributed by atoms with Crippen LogP contribution in [0.3, 0.4) is 0 Å². The van der Waals surface area contributed by atoms with Crippen molar-refractivity contribution in [2.24, 2.45) is 11.3 Å². The minimum absolute atomic E-state index is 0.0989. The minimum atomic E-state index is -0.413. The van der Waals surface area contributed by atoms with E-state index in [1.165, 1.54) is 0 Å². The van der Waals surface area contributed by atoms with Crippen molar-refractivity contribution in [2.45, 2.75) is 47.1 Å². The predicted molar refractivity (Wildman–Crippen MR) is 77.9 cm³/mol. The number of hydrazine groups is 1. The Labute approximate surface area is 114 Å². The molecule has 5 N–H and O–H groups in total. The van der Waals surface area contributed by atoms with E-state index in [4.69, 9.17) is 5.84 Å². The van der Waals surface area contributed by atoms with Crippen molar-refractivity contribution >= 4 is 11.6 Å². The van der Waals surface area contributed by atoms with Crippen LogP contribution in [-0.2, 0) is 0 Å². The molecular weight excluding hydrogens is 242 g/mol. The maximum Gasteiger partial charge on any atom is 0.148 e. The molecule has 0 spiro atoms. The van der Waals surface area contributed by atoms with E-state index < -0.39 is 6.10 Å². The summed E-state index contributed by atoms with van der Waals surface area (Å²) in [7, 11) is 0. The predicted octanol–water partition coefficient (Wildman–Crippen LogP) is 1.59. The highest BCUT2D eigenvalue weighted by Gasteiger charge is 2.17. The molecule has 0 aliphatic rings. The summed E-state index contributed by atoms with van der Waals surface area (Å²) in [6.45, 7) is 10.5. The number of rotatable bonds is 5. The van der Waals surface area contributed by atoms with Crippen LogP contribution in [0, 0.1) is 19.3 Å². The number of nitrogens with two attached hydrogens (primary N) is 1. The Bertz CT molecular complexity index is 428. The molecule has 0 aliphatic heterocycles. The molecule has 1 aromatic rings. The van der Waals surface area contributed by atoms with Gasteiger partial charge in [0, 0.05) is 12.1 Å². The van der Waals surface area contributed by atoms with Crippen molar-refractivity contribution < 1.29 is 5.11 Å². The van der Waals surface area contributed by atoms with Crippen LogP contribution in [0.25, 0.3) is 0 Å². The van der Waals surface area contributed by atoms with Gasteiger partial charge in [-0.2, -0.15) is 0 Å². The highest BCUT2D eigenvalue weighted by atomic mass is 16.3. The summed E-state index contributed by atoms with van der Waals surface area (Å²) in [6.07, 6.45) is 0.314. The number of hydrogen-bond donors (Lipinski definition) is 4. The van der Waals surface area contributed by atoms with Crippen LogP contribution in [0.1, 0.15) is 38.6 Å². The fraction of sp³-hybridized carbons (Fsp3) is 0.692. The van der Waals surface area contributed by atoms with Gasteiger partial charge in [0.2, 0.25) is 0 Å². The first-order valence-corrected chi connectivity index (χ1v) is 6.46. The molecule has 0 bridgehead atoms. The van der Waals surface area contributed by atoms with Gasteiger partial charge in [0.05, 0.1) is 6.10 Å². The average Bonchev–Trinajstić information content (AvgIpc) is 2.27. The van der Waals surface area contributed by atoms with Crippen molar-refractivity contribution in [3.05, 3.63) is 11.4 Å². The molecule has 6 nitrogen and oxygen atoms in total. The summed E-state index contributed by atoms with van der Waals surface area (Å²) >= 11 is 0. The molecule has 6 heteroatoms. The number of nitrogens with one attached hydrogen (secondary N) is 2. The molecule has 0 radical (unpaired) electrons. The summed E-state index contributed by atoms with van der Waals surface area (Å²) < 4.78 is 0. The van der Waals surface area contributed by atoms with Crippen molar-refractivity contribution in [1.29, 1.82) is 0 Å². The van der Waals surface area contributed by atoms with Crippen LogP contribution in [0.4, 0.5) is 11.6 Å². The molecule has 1 rings (SSSR count). The van der Waals surface area contributed by atoms with Gasteiger partial charge in [-0.15, -0.1) is 0 Å². The van der Waals surface area contributed by atoms with E-state index in [0.29, 0.717) is 24.0 Å². The Kier molecular flexibility index (Phi) is 5.08. The number of nitrogen functional groups attached to an aromatic ring is 1. The monoisotopic (exact) mass is 267 g/mol. The lowest BCUT2D eigenvalue weighted by atomic mass is 9.89. The zero-order valence-electron chi connectivity index (χ0n) is 12.4. The largest absolute Gasteiger partial charge is 0.391 e. The third kappa shape index (κ3) is 5.00. The lowest BCUT2D eigenvalue weighted by Crippen LogP contribution is -2.26. The lowest BCUT2D eigenvalue weighted by molar-refractivity contribution is 0.132. The zero-order chi connectivity index (χ0) is 14.6. The second-order valence-electron chi connectivity index (χ2n) is 6.04. The van der Waals surface area contributed by atoms with Crippen LogP contribution in [0.5, 0.6) is 0 Å². The van der Waals surface area contributed by atoms with Crippen molar-refractivity contribution in [1.82, 2.24) is 9.97 Å².